The number of ether oxygens (including phenoxy) is 3. The molecule has 106 valence electrons. The lowest BCUT2D eigenvalue weighted by Crippen LogP contribution is -2.37. The Balaban J connectivity index is 2.49. The molecular formula is C10H13FN2O6. The van der Waals surface area contributed by atoms with E-state index in [0.29, 0.717) is 17.4 Å². The standard InChI is InChI=1S/C10H13FN2O6/c1-17-2-3-18-5-8(14)19-6-13-9(15)7(11)4-12-10(13)16/h4H,2-3,5-6H2,1H3,(H,12,16). The van der Waals surface area contributed by atoms with E-state index >= 15 is 0 Å². The molecule has 0 atom stereocenters. The maximum Gasteiger partial charge on any atom is 0.333 e. The van der Waals surface area contributed by atoms with E-state index in [1.54, 1.807) is 0 Å². The molecule has 9 heteroatoms. The van der Waals surface area contributed by atoms with Gasteiger partial charge in [-0.25, -0.2) is 14.2 Å². The van der Waals surface area contributed by atoms with Crippen molar-refractivity contribution < 1.29 is 23.4 Å². The largest absolute Gasteiger partial charge is 0.442 e. The Labute approximate surface area is 106 Å². The highest BCUT2D eigenvalue weighted by atomic mass is 19.1. The summed E-state index contributed by atoms with van der Waals surface area (Å²) < 4.78 is 27.5. The first-order valence-electron chi connectivity index (χ1n) is 5.26. The summed E-state index contributed by atoms with van der Waals surface area (Å²) in [5.74, 6) is -1.93. The smallest absolute Gasteiger partial charge is 0.333 e. The Bertz CT molecular complexity index is 538. The molecule has 19 heavy (non-hydrogen) atoms. The zero-order valence-corrected chi connectivity index (χ0v) is 10.2. The molecular weight excluding hydrogens is 263 g/mol. The van der Waals surface area contributed by atoms with Crippen molar-refractivity contribution in [2.45, 2.75) is 6.73 Å². The number of nitrogens with one attached hydrogen (secondary N) is 1. The Morgan fingerprint density at radius 1 is 1.42 bits per heavy atom. The first kappa shape index (κ1) is 15.1. The molecule has 0 spiro atoms. The van der Waals surface area contributed by atoms with E-state index in [4.69, 9.17) is 4.74 Å². The van der Waals surface area contributed by atoms with E-state index in [2.05, 4.69) is 9.47 Å². The van der Waals surface area contributed by atoms with Gasteiger partial charge in [0.15, 0.2) is 6.73 Å². The lowest BCUT2D eigenvalue weighted by Gasteiger charge is -2.06. The highest BCUT2D eigenvalue weighted by molar-refractivity contribution is 5.70. The molecule has 0 aliphatic rings. The van der Waals surface area contributed by atoms with Gasteiger partial charge in [-0.05, 0) is 0 Å². The monoisotopic (exact) mass is 276 g/mol. The summed E-state index contributed by atoms with van der Waals surface area (Å²) in [6.45, 7) is -0.522. The molecule has 0 radical (unpaired) electrons. The van der Waals surface area contributed by atoms with Crippen molar-refractivity contribution in [3.8, 4) is 0 Å². The van der Waals surface area contributed by atoms with Gasteiger partial charge in [0.05, 0.1) is 13.2 Å². The number of halogens is 1. The number of hydrogen-bond donors (Lipinski definition) is 1. The van der Waals surface area contributed by atoms with Gasteiger partial charge in [-0.15, -0.1) is 0 Å². The van der Waals surface area contributed by atoms with Crippen molar-refractivity contribution in [3.63, 3.8) is 0 Å². The Morgan fingerprint density at radius 2 is 2.16 bits per heavy atom. The number of carbonyl (C=O) groups is 1. The summed E-state index contributed by atoms with van der Waals surface area (Å²) in [6.07, 6.45) is 0.636. The summed E-state index contributed by atoms with van der Waals surface area (Å²) in [6, 6.07) is 0. The van der Waals surface area contributed by atoms with Crippen LogP contribution in [0.3, 0.4) is 0 Å². The molecule has 1 aromatic rings. The fourth-order valence-corrected chi connectivity index (χ4v) is 1.08. The lowest BCUT2D eigenvalue weighted by molar-refractivity contribution is -0.153. The van der Waals surface area contributed by atoms with Crippen molar-refractivity contribution in [2.24, 2.45) is 0 Å². The Hall–Kier alpha value is -2.00. The molecule has 1 heterocycles. The van der Waals surface area contributed by atoms with Crippen molar-refractivity contribution >= 4 is 5.97 Å². The number of aromatic nitrogens is 2. The van der Waals surface area contributed by atoms with Crippen molar-refractivity contribution in [3.05, 3.63) is 32.9 Å². The van der Waals surface area contributed by atoms with Crippen LogP contribution < -0.4 is 11.2 Å². The van der Waals surface area contributed by atoms with Crippen LogP contribution in [0.1, 0.15) is 0 Å². The number of esters is 1. The first-order chi connectivity index (χ1) is 9.06. The van der Waals surface area contributed by atoms with Gasteiger partial charge in [-0.1, -0.05) is 0 Å². The molecule has 8 nitrogen and oxygen atoms in total. The van der Waals surface area contributed by atoms with E-state index in [1.165, 1.54) is 7.11 Å². The third kappa shape index (κ3) is 4.64. The van der Waals surface area contributed by atoms with Gasteiger partial charge in [-0.3, -0.25) is 4.79 Å². The molecule has 0 unspecified atom stereocenters. The second-order valence-corrected chi connectivity index (χ2v) is 3.37. The second kappa shape index (κ2) is 7.44. The fraction of sp³-hybridized carbons (Fsp3) is 0.500. The topological polar surface area (TPSA) is 99.6 Å². The maximum absolute atomic E-state index is 12.9. The van der Waals surface area contributed by atoms with E-state index in [9.17, 15) is 18.8 Å². The average molecular weight is 276 g/mol. The van der Waals surface area contributed by atoms with Gasteiger partial charge >= 0.3 is 11.7 Å². The van der Waals surface area contributed by atoms with Gasteiger partial charge < -0.3 is 19.2 Å². The van der Waals surface area contributed by atoms with Crippen molar-refractivity contribution in [1.29, 1.82) is 0 Å². The molecule has 1 rings (SSSR count). The minimum atomic E-state index is -1.17. The molecule has 0 amide bonds. The molecule has 0 fully saturated rings. The number of rotatable bonds is 7. The van der Waals surface area contributed by atoms with Crippen LogP contribution in [0, 0.1) is 5.82 Å². The van der Waals surface area contributed by atoms with Gasteiger partial charge in [0.1, 0.15) is 6.61 Å². The van der Waals surface area contributed by atoms with Crippen LogP contribution in [-0.4, -0.2) is 42.5 Å². The average Bonchev–Trinajstić information content (AvgIpc) is 2.39. The second-order valence-electron chi connectivity index (χ2n) is 3.37. The molecule has 0 aromatic carbocycles. The van der Waals surface area contributed by atoms with E-state index in [0.717, 1.165) is 0 Å². The first-order valence-corrected chi connectivity index (χ1v) is 5.26. The molecule has 0 aliphatic carbocycles. The van der Waals surface area contributed by atoms with E-state index < -0.39 is 29.8 Å². The quantitative estimate of drug-likeness (QED) is 0.498. The number of aromatic amines is 1. The van der Waals surface area contributed by atoms with Crippen LogP contribution in [0.15, 0.2) is 15.8 Å². The summed E-state index contributed by atoms with van der Waals surface area (Å²) >= 11 is 0. The van der Waals surface area contributed by atoms with Crippen LogP contribution in [0.2, 0.25) is 0 Å². The molecule has 1 N–H and O–H groups in total. The predicted octanol–water partition coefficient (Wildman–Crippen LogP) is -1.16. The molecule has 0 bridgehead atoms. The Kier molecular flexibility index (Phi) is 5.90. The highest BCUT2D eigenvalue weighted by Crippen LogP contribution is 1.86. The minimum absolute atomic E-state index is 0.200. The highest BCUT2D eigenvalue weighted by Gasteiger charge is 2.09. The number of nitrogens with zero attached hydrogens (tertiary/aromatic N) is 1. The fourth-order valence-electron chi connectivity index (χ4n) is 1.08. The van der Waals surface area contributed by atoms with Crippen molar-refractivity contribution in [2.75, 3.05) is 26.9 Å². The van der Waals surface area contributed by atoms with Gasteiger partial charge in [0.25, 0.3) is 5.56 Å². The number of carbonyl (C=O) groups excluding carboxylic acids is 1. The number of methoxy groups -OCH3 is 1. The van der Waals surface area contributed by atoms with Gasteiger partial charge in [-0.2, -0.15) is 4.39 Å². The van der Waals surface area contributed by atoms with Crippen LogP contribution in [0.25, 0.3) is 0 Å². The van der Waals surface area contributed by atoms with Crippen LogP contribution in [0.5, 0.6) is 0 Å². The van der Waals surface area contributed by atoms with Crippen LogP contribution in [-0.2, 0) is 25.7 Å². The third-order valence-electron chi connectivity index (χ3n) is 2.02. The summed E-state index contributed by atoms with van der Waals surface area (Å²) in [5, 5.41) is 0. The zero-order valence-electron chi connectivity index (χ0n) is 10.2. The zero-order chi connectivity index (χ0) is 14.3. The third-order valence-corrected chi connectivity index (χ3v) is 2.02. The molecule has 1 aromatic heterocycles. The van der Waals surface area contributed by atoms with Gasteiger partial charge in [0.2, 0.25) is 5.82 Å². The molecule has 0 saturated carbocycles. The van der Waals surface area contributed by atoms with Crippen LogP contribution in [0.4, 0.5) is 4.39 Å². The summed E-state index contributed by atoms with van der Waals surface area (Å²) in [7, 11) is 1.48. The lowest BCUT2D eigenvalue weighted by atomic mass is 10.6. The number of hydrogen-bond acceptors (Lipinski definition) is 6. The SMILES string of the molecule is COCCOCC(=O)OCn1c(=O)[nH]cc(F)c1=O. The van der Waals surface area contributed by atoms with Crippen molar-refractivity contribution in [1.82, 2.24) is 9.55 Å². The number of H-pyrrole nitrogens is 1. The minimum Gasteiger partial charge on any atom is -0.442 e. The Morgan fingerprint density at radius 3 is 2.84 bits per heavy atom. The summed E-state index contributed by atoms with van der Waals surface area (Å²) in [4.78, 5) is 35.6. The maximum atomic E-state index is 12.9. The van der Waals surface area contributed by atoms with Gasteiger partial charge in [0, 0.05) is 13.3 Å². The molecule has 0 aliphatic heterocycles. The summed E-state index contributed by atoms with van der Waals surface area (Å²) in [5.41, 5.74) is -2.05. The van der Waals surface area contributed by atoms with Crippen LogP contribution >= 0.6 is 0 Å². The normalized spacial score (nSPS) is 10.4. The molecule has 0 saturated heterocycles. The predicted molar refractivity (Wildman–Crippen MR) is 60.1 cm³/mol. The van der Waals surface area contributed by atoms with E-state index in [1.807, 2.05) is 4.98 Å². The van der Waals surface area contributed by atoms with E-state index in [-0.39, 0.29) is 13.2 Å².